The molecule has 1 fully saturated rings. The minimum atomic E-state index is -0.721. The molecule has 146 valence electrons. The Bertz CT molecular complexity index is 928. The van der Waals surface area contributed by atoms with Crippen LogP contribution in [0.1, 0.15) is 16.8 Å². The number of halogens is 2. The molecule has 28 heavy (non-hydrogen) atoms. The number of hydrogen-bond donors (Lipinski definition) is 0. The van der Waals surface area contributed by atoms with Gasteiger partial charge in [-0.15, -0.1) is 0 Å². The molecule has 0 aliphatic carbocycles. The summed E-state index contributed by atoms with van der Waals surface area (Å²) in [5.41, 5.74) is 2.84. The standard InChI is InChI=1S/C20H18Cl2N2O4/c1-27-20(26)18-10-15(23-28-2)11-24(18)19(25)13-5-3-12(4-6-13)14-7-8-16(21)17(22)9-14/h3-9,18H,10-11H2,1-2H3/b23-15-/t18-/m0/s1. The maximum atomic E-state index is 13.0. The van der Waals surface area contributed by atoms with Crippen molar-refractivity contribution in [1.29, 1.82) is 0 Å². The molecule has 8 heteroatoms. The Kier molecular flexibility index (Phi) is 6.21. The van der Waals surface area contributed by atoms with Crippen molar-refractivity contribution in [3.8, 4) is 11.1 Å². The minimum absolute atomic E-state index is 0.209. The Morgan fingerprint density at radius 2 is 1.71 bits per heavy atom. The number of benzene rings is 2. The fraction of sp³-hybridized carbons (Fsp3) is 0.250. The molecule has 3 rings (SSSR count). The topological polar surface area (TPSA) is 68.2 Å². The number of amides is 1. The molecule has 6 nitrogen and oxygen atoms in total. The van der Waals surface area contributed by atoms with E-state index in [0.29, 0.717) is 21.3 Å². The summed E-state index contributed by atoms with van der Waals surface area (Å²) in [6.07, 6.45) is 0.285. The Hall–Kier alpha value is -2.57. The summed E-state index contributed by atoms with van der Waals surface area (Å²) in [6, 6.07) is 11.7. The first kappa shape index (κ1) is 20.2. The molecule has 0 aromatic heterocycles. The van der Waals surface area contributed by atoms with Crippen LogP contribution in [0.4, 0.5) is 0 Å². The average Bonchev–Trinajstić information content (AvgIpc) is 3.13. The van der Waals surface area contributed by atoms with Gasteiger partial charge >= 0.3 is 5.97 Å². The summed E-state index contributed by atoms with van der Waals surface area (Å²) in [5.74, 6) is -0.764. The molecular formula is C20H18Cl2N2O4. The van der Waals surface area contributed by atoms with Gasteiger partial charge in [-0.1, -0.05) is 46.6 Å². The number of ether oxygens (including phenoxy) is 1. The van der Waals surface area contributed by atoms with Crippen LogP contribution in [0, 0.1) is 0 Å². The molecule has 0 spiro atoms. The summed E-state index contributed by atoms with van der Waals surface area (Å²) >= 11 is 12.0. The van der Waals surface area contributed by atoms with E-state index in [-0.39, 0.29) is 18.9 Å². The highest BCUT2D eigenvalue weighted by molar-refractivity contribution is 6.42. The number of esters is 1. The predicted octanol–water partition coefficient (Wildman–Crippen LogP) is 4.05. The van der Waals surface area contributed by atoms with E-state index in [1.165, 1.54) is 19.1 Å². The van der Waals surface area contributed by atoms with Crippen LogP contribution in [0.15, 0.2) is 47.6 Å². The molecule has 2 aromatic rings. The number of hydrogen-bond acceptors (Lipinski definition) is 5. The summed E-state index contributed by atoms with van der Waals surface area (Å²) in [6.45, 7) is 0.209. The van der Waals surface area contributed by atoms with Crippen LogP contribution in [0.5, 0.6) is 0 Å². The maximum Gasteiger partial charge on any atom is 0.329 e. The molecule has 0 saturated carbocycles. The van der Waals surface area contributed by atoms with E-state index in [9.17, 15) is 9.59 Å². The third-order valence-corrected chi connectivity index (χ3v) is 5.24. The van der Waals surface area contributed by atoms with E-state index in [4.69, 9.17) is 32.8 Å². The van der Waals surface area contributed by atoms with Crippen molar-refractivity contribution in [3.63, 3.8) is 0 Å². The van der Waals surface area contributed by atoms with E-state index in [2.05, 4.69) is 5.16 Å². The zero-order valence-corrected chi connectivity index (χ0v) is 16.8. The van der Waals surface area contributed by atoms with Crippen LogP contribution in [0.2, 0.25) is 10.0 Å². The van der Waals surface area contributed by atoms with Crippen LogP contribution in [0.3, 0.4) is 0 Å². The number of rotatable bonds is 4. The largest absolute Gasteiger partial charge is 0.467 e. The average molecular weight is 421 g/mol. The monoisotopic (exact) mass is 420 g/mol. The molecule has 2 aromatic carbocycles. The first-order chi connectivity index (χ1) is 13.4. The molecule has 0 unspecified atom stereocenters. The van der Waals surface area contributed by atoms with Crippen LogP contribution < -0.4 is 0 Å². The number of methoxy groups -OCH3 is 1. The summed E-state index contributed by atoms with van der Waals surface area (Å²) in [5, 5.41) is 4.82. The first-order valence-corrected chi connectivity index (χ1v) is 9.23. The van der Waals surface area contributed by atoms with E-state index < -0.39 is 12.0 Å². The van der Waals surface area contributed by atoms with Crippen molar-refractivity contribution in [2.45, 2.75) is 12.5 Å². The zero-order valence-electron chi connectivity index (χ0n) is 15.3. The third-order valence-electron chi connectivity index (χ3n) is 4.50. The van der Waals surface area contributed by atoms with Crippen molar-refractivity contribution in [1.82, 2.24) is 4.90 Å². The predicted molar refractivity (Wildman–Crippen MR) is 108 cm³/mol. The van der Waals surface area contributed by atoms with Gasteiger partial charge in [-0.3, -0.25) is 4.79 Å². The summed E-state index contributed by atoms with van der Waals surface area (Å²) in [7, 11) is 2.72. The minimum Gasteiger partial charge on any atom is -0.467 e. The van der Waals surface area contributed by atoms with Gasteiger partial charge in [0.05, 0.1) is 29.4 Å². The van der Waals surface area contributed by atoms with Gasteiger partial charge in [-0.25, -0.2) is 4.79 Å². The smallest absolute Gasteiger partial charge is 0.329 e. The molecule has 1 saturated heterocycles. The number of carbonyl (C=O) groups is 2. The van der Waals surface area contributed by atoms with Crippen molar-refractivity contribution >= 4 is 40.8 Å². The quantitative estimate of drug-likeness (QED) is 0.552. The molecule has 0 radical (unpaired) electrons. The second-order valence-corrected chi connectivity index (χ2v) is 7.04. The zero-order chi connectivity index (χ0) is 20.3. The highest BCUT2D eigenvalue weighted by atomic mass is 35.5. The molecule has 0 N–H and O–H groups in total. The number of carbonyl (C=O) groups excluding carboxylic acids is 2. The van der Waals surface area contributed by atoms with Crippen LogP contribution >= 0.6 is 23.2 Å². The fourth-order valence-electron chi connectivity index (χ4n) is 3.11. The Labute approximate surface area is 172 Å². The van der Waals surface area contributed by atoms with Crippen molar-refractivity contribution < 1.29 is 19.2 Å². The SMILES string of the molecule is CO/N=C1/C[C@@H](C(=O)OC)N(C(=O)c2ccc(-c3ccc(Cl)c(Cl)c3)cc2)C1. The van der Waals surface area contributed by atoms with Gasteiger partial charge < -0.3 is 14.5 Å². The van der Waals surface area contributed by atoms with Crippen molar-refractivity contribution in [2.75, 3.05) is 20.8 Å². The lowest BCUT2D eigenvalue weighted by molar-refractivity contribution is -0.145. The second kappa shape index (κ2) is 8.63. The Balaban J connectivity index is 1.84. The maximum absolute atomic E-state index is 13.0. The highest BCUT2D eigenvalue weighted by Crippen LogP contribution is 2.29. The van der Waals surface area contributed by atoms with E-state index in [1.807, 2.05) is 18.2 Å². The van der Waals surface area contributed by atoms with Crippen LogP contribution in [-0.4, -0.2) is 49.3 Å². The molecule has 1 aliphatic heterocycles. The molecule has 1 aliphatic rings. The van der Waals surface area contributed by atoms with Crippen LogP contribution in [0.25, 0.3) is 11.1 Å². The Morgan fingerprint density at radius 1 is 1.04 bits per heavy atom. The van der Waals surface area contributed by atoms with Gasteiger partial charge in [0.25, 0.3) is 5.91 Å². The van der Waals surface area contributed by atoms with Gasteiger partial charge in [0.1, 0.15) is 13.2 Å². The Morgan fingerprint density at radius 3 is 2.32 bits per heavy atom. The lowest BCUT2D eigenvalue weighted by atomic mass is 10.0. The fourth-order valence-corrected chi connectivity index (χ4v) is 3.40. The first-order valence-electron chi connectivity index (χ1n) is 8.47. The lowest BCUT2D eigenvalue weighted by Gasteiger charge is -2.22. The van der Waals surface area contributed by atoms with E-state index in [0.717, 1.165) is 11.1 Å². The second-order valence-electron chi connectivity index (χ2n) is 6.22. The lowest BCUT2D eigenvalue weighted by Crippen LogP contribution is -2.41. The van der Waals surface area contributed by atoms with Gasteiger partial charge in [-0.2, -0.15) is 0 Å². The number of nitrogens with zero attached hydrogens (tertiary/aromatic N) is 2. The van der Waals surface area contributed by atoms with E-state index >= 15 is 0 Å². The molecular weight excluding hydrogens is 403 g/mol. The van der Waals surface area contributed by atoms with Crippen molar-refractivity contribution in [3.05, 3.63) is 58.1 Å². The summed E-state index contributed by atoms with van der Waals surface area (Å²) < 4.78 is 4.82. The van der Waals surface area contributed by atoms with Gasteiger partial charge in [0.15, 0.2) is 0 Å². The molecule has 1 heterocycles. The highest BCUT2D eigenvalue weighted by Gasteiger charge is 2.39. The molecule has 1 atom stereocenters. The summed E-state index contributed by atoms with van der Waals surface area (Å²) in [4.78, 5) is 31.3. The molecule has 0 bridgehead atoms. The molecule has 1 amide bonds. The van der Waals surface area contributed by atoms with E-state index in [1.54, 1.807) is 24.3 Å². The van der Waals surface area contributed by atoms with Gasteiger partial charge in [0, 0.05) is 12.0 Å². The number of likely N-dealkylation sites (tertiary alicyclic amines) is 1. The van der Waals surface area contributed by atoms with Crippen LogP contribution in [-0.2, 0) is 14.4 Å². The normalized spacial score (nSPS) is 17.6. The third kappa shape index (κ3) is 4.13. The van der Waals surface area contributed by atoms with Crippen molar-refractivity contribution in [2.24, 2.45) is 5.16 Å². The van der Waals surface area contributed by atoms with Gasteiger partial charge in [-0.05, 0) is 35.4 Å². The number of oxime groups is 1. The van der Waals surface area contributed by atoms with Gasteiger partial charge in [0.2, 0.25) is 0 Å².